The lowest BCUT2D eigenvalue weighted by molar-refractivity contribution is -0.129. The molecular formula is C15H18F2N2O. The van der Waals surface area contributed by atoms with Gasteiger partial charge in [0.2, 0.25) is 5.91 Å². The largest absolute Gasteiger partial charge is 0.342 e. The summed E-state index contributed by atoms with van der Waals surface area (Å²) in [6.07, 6.45) is 1.84. The molecule has 1 aliphatic heterocycles. The Morgan fingerprint density at radius 2 is 1.95 bits per heavy atom. The third-order valence-corrected chi connectivity index (χ3v) is 4.65. The van der Waals surface area contributed by atoms with Crippen LogP contribution in [0.5, 0.6) is 0 Å². The van der Waals surface area contributed by atoms with Crippen molar-refractivity contribution in [1.82, 2.24) is 4.90 Å². The molecule has 3 nitrogen and oxygen atoms in total. The number of carbonyl (C=O) groups is 1. The van der Waals surface area contributed by atoms with Gasteiger partial charge in [-0.15, -0.1) is 0 Å². The summed E-state index contributed by atoms with van der Waals surface area (Å²) in [6.45, 7) is 1.30. The maximum atomic E-state index is 13.6. The van der Waals surface area contributed by atoms with Crippen LogP contribution in [0.4, 0.5) is 8.78 Å². The Morgan fingerprint density at radius 3 is 2.60 bits per heavy atom. The lowest BCUT2D eigenvalue weighted by Crippen LogP contribution is -2.34. The van der Waals surface area contributed by atoms with E-state index < -0.39 is 11.6 Å². The molecule has 3 rings (SSSR count). The molecule has 108 valence electrons. The third-order valence-electron chi connectivity index (χ3n) is 4.65. The second kappa shape index (κ2) is 5.13. The monoisotopic (exact) mass is 280 g/mol. The molecule has 1 aromatic rings. The smallest absolute Gasteiger partial charge is 0.227 e. The van der Waals surface area contributed by atoms with Crippen molar-refractivity contribution < 1.29 is 13.6 Å². The van der Waals surface area contributed by atoms with Crippen molar-refractivity contribution in [3.63, 3.8) is 0 Å². The van der Waals surface area contributed by atoms with E-state index in [0.29, 0.717) is 24.9 Å². The Labute approximate surface area is 116 Å². The number of benzene rings is 1. The number of amides is 1. The highest BCUT2D eigenvalue weighted by Gasteiger charge is 2.42. The van der Waals surface area contributed by atoms with E-state index in [1.54, 1.807) is 4.90 Å². The molecule has 0 radical (unpaired) electrons. The van der Waals surface area contributed by atoms with E-state index in [2.05, 4.69) is 0 Å². The molecule has 3 atom stereocenters. The van der Waals surface area contributed by atoms with E-state index in [9.17, 15) is 13.6 Å². The molecule has 1 aliphatic carbocycles. The first-order valence-corrected chi connectivity index (χ1v) is 7.02. The minimum atomic E-state index is -0.658. The van der Waals surface area contributed by atoms with Crippen LogP contribution in [0.1, 0.15) is 18.4 Å². The molecule has 1 heterocycles. The first-order chi connectivity index (χ1) is 9.56. The molecule has 1 amide bonds. The van der Waals surface area contributed by atoms with Gasteiger partial charge < -0.3 is 10.6 Å². The molecule has 3 unspecified atom stereocenters. The molecular weight excluding hydrogens is 262 g/mol. The average Bonchev–Trinajstić information content (AvgIpc) is 2.97. The number of nitrogens with zero attached hydrogens (tertiary/aromatic N) is 1. The molecule has 1 saturated heterocycles. The van der Waals surface area contributed by atoms with E-state index >= 15 is 0 Å². The topological polar surface area (TPSA) is 46.3 Å². The van der Waals surface area contributed by atoms with Crippen molar-refractivity contribution in [2.75, 3.05) is 13.1 Å². The number of nitrogens with two attached hydrogens (primary N) is 1. The van der Waals surface area contributed by atoms with Crippen molar-refractivity contribution in [3.05, 3.63) is 35.4 Å². The van der Waals surface area contributed by atoms with Gasteiger partial charge in [0.15, 0.2) is 0 Å². The molecule has 1 saturated carbocycles. The van der Waals surface area contributed by atoms with Gasteiger partial charge in [0.25, 0.3) is 0 Å². The number of rotatable bonds is 2. The normalized spacial score (nSPS) is 28.8. The highest BCUT2D eigenvalue weighted by molar-refractivity contribution is 5.79. The summed E-state index contributed by atoms with van der Waals surface area (Å²) in [5.41, 5.74) is 5.89. The molecule has 20 heavy (non-hydrogen) atoms. The van der Waals surface area contributed by atoms with Gasteiger partial charge >= 0.3 is 0 Å². The van der Waals surface area contributed by atoms with Crippen molar-refractivity contribution in [3.8, 4) is 0 Å². The zero-order valence-corrected chi connectivity index (χ0v) is 11.2. The van der Waals surface area contributed by atoms with Crippen LogP contribution in [-0.4, -0.2) is 29.9 Å². The number of fused-ring (bicyclic) bond motifs is 1. The Kier molecular flexibility index (Phi) is 3.46. The highest BCUT2D eigenvalue weighted by Crippen LogP contribution is 2.37. The number of hydrogen-bond acceptors (Lipinski definition) is 2. The first-order valence-electron chi connectivity index (χ1n) is 7.02. The van der Waals surface area contributed by atoms with Crippen LogP contribution in [0.2, 0.25) is 0 Å². The number of halogens is 2. The van der Waals surface area contributed by atoms with Crippen molar-refractivity contribution in [2.45, 2.75) is 25.3 Å². The molecule has 5 heteroatoms. The number of hydrogen-bond donors (Lipinski definition) is 1. The number of likely N-dealkylation sites (tertiary alicyclic amines) is 1. The molecule has 2 aliphatic rings. The Bertz CT molecular complexity index is 514. The minimum absolute atomic E-state index is 0.140. The highest BCUT2D eigenvalue weighted by atomic mass is 19.1. The second-order valence-corrected chi connectivity index (χ2v) is 5.84. The van der Waals surface area contributed by atoms with Gasteiger partial charge in [-0.3, -0.25) is 4.79 Å². The number of carbonyl (C=O) groups excluding carboxylic acids is 1. The lowest BCUT2D eigenvalue weighted by Gasteiger charge is -2.19. The summed E-state index contributed by atoms with van der Waals surface area (Å²) in [5, 5.41) is 0. The van der Waals surface area contributed by atoms with Crippen LogP contribution in [0.15, 0.2) is 18.2 Å². The van der Waals surface area contributed by atoms with Gasteiger partial charge in [-0.1, -0.05) is 6.07 Å². The minimum Gasteiger partial charge on any atom is -0.342 e. The van der Waals surface area contributed by atoms with Crippen LogP contribution in [0, 0.1) is 23.5 Å². The standard InChI is InChI=1S/C15H18F2N2O/c16-12-2-1-3-13(17)10(12)6-15(20)19-7-9-4-5-14(18)11(9)8-19/h1-3,9,11,14H,4-8,18H2. The quantitative estimate of drug-likeness (QED) is 0.896. The molecule has 0 bridgehead atoms. The fourth-order valence-electron chi connectivity index (χ4n) is 3.48. The maximum absolute atomic E-state index is 13.6. The van der Waals surface area contributed by atoms with E-state index in [1.807, 2.05) is 0 Å². The van der Waals surface area contributed by atoms with E-state index in [-0.39, 0.29) is 23.9 Å². The van der Waals surface area contributed by atoms with Gasteiger partial charge in [0.1, 0.15) is 11.6 Å². The van der Waals surface area contributed by atoms with Gasteiger partial charge in [0, 0.05) is 24.7 Å². The fourth-order valence-corrected chi connectivity index (χ4v) is 3.48. The molecule has 0 aromatic heterocycles. The summed E-state index contributed by atoms with van der Waals surface area (Å²) in [6, 6.07) is 3.82. The van der Waals surface area contributed by atoms with Gasteiger partial charge in [-0.2, -0.15) is 0 Å². The predicted octanol–water partition coefficient (Wildman–Crippen LogP) is 1.70. The molecule has 2 N–H and O–H groups in total. The summed E-state index contributed by atoms with van der Waals surface area (Å²) < 4.78 is 27.1. The van der Waals surface area contributed by atoms with Crippen molar-refractivity contribution in [1.29, 1.82) is 0 Å². The Balaban J connectivity index is 1.69. The van der Waals surface area contributed by atoms with Gasteiger partial charge in [-0.25, -0.2) is 8.78 Å². The molecule has 2 fully saturated rings. The Morgan fingerprint density at radius 1 is 1.25 bits per heavy atom. The summed E-state index contributed by atoms with van der Waals surface area (Å²) >= 11 is 0. The van der Waals surface area contributed by atoms with Crippen molar-refractivity contribution >= 4 is 5.91 Å². The van der Waals surface area contributed by atoms with Crippen LogP contribution in [-0.2, 0) is 11.2 Å². The SMILES string of the molecule is NC1CCC2CN(C(=O)Cc3c(F)cccc3F)CC12. The van der Waals surface area contributed by atoms with Crippen LogP contribution >= 0.6 is 0 Å². The van der Waals surface area contributed by atoms with E-state index in [4.69, 9.17) is 5.73 Å². The fraction of sp³-hybridized carbons (Fsp3) is 0.533. The first kappa shape index (κ1) is 13.5. The molecule has 0 spiro atoms. The van der Waals surface area contributed by atoms with Crippen LogP contribution < -0.4 is 5.73 Å². The van der Waals surface area contributed by atoms with E-state index in [1.165, 1.54) is 18.2 Å². The Hall–Kier alpha value is -1.49. The van der Waals surface area contributed by atoms with E-state index in [0.717, 1.165) is 12.8 Å². The van der Waals surface area contributed by atoms with Crippen LogP contribution in [0.25, 0.3) is 0 Å². The maximum Gasteiger partial charge on any atom is 0.227 e. The van der Waals surface area contributed by atoms with Crippen molar-refractivity contribution in [2.24, 2.45) is 17.6 Å². The zero-order valence-electron chi connectivity index (χ0n) is 11.2. The van der Waals surface area contributed by atoms with Gasteiger partial charge in [-0.05, 0) is 36.8 Å². The third kappa shape index (κ3) is 2.30. The summed E-state index contributed by atoms with van der Waals surface area (Å²) in [5.74, 6) is -0.719. The average molecular weight is 280 g/mol. The predicted molar refractivity (Wildman–Crippen MR) is 70.8 cm³/mol. The molecule has 1 aromatic carbocycles. The summed E-state index contributed by atoms with van der Waals surface area (Å²) in [7, 11) is 0. The van der Waals surface area contributed by atoms with Gasteiger partial charge in [0.05, 0.1) is 6.42 Å². The zero-order chi connectivity index (χ0) is 14.3. The second-order valence-electron chi connectivity index (χ2n) is 5.84. The van der Waals surface area contributed by atoms with Crippen LogP contribution in [0.3, 0.4) is 0 Å². The lowest BCUT2D eigenvalue weighted by atomic mass is 9.98. The summed E-state index contributed by atoms with van der Waals surface area (Å²) in [4.78, 5) is 13.9.